The van der Waals surface area contributed by atoms with Gasteiger partial charge in [0.25, 0.3) is 0 Å². The van der Waals surface area contributed by atoms with E-state index < -0.39 is 0 Å². The molecule has 0 atom stereocenters. The van der Waals surface area contributed by atoms with Gasteiger partial charge in [0.1, 0.15) is 6.61 Å². The number of hydrogen-bond acceptors (Lipinski definition) is 4. The first-order valence-corrected chi connectivity index (χ1v) is 6.82. The molecule has 1 rings (SSSR count). The Kier molecular flexibility index (Phi) is 7.96. The molecular formula is C13H25NO4. The van der Waals surface area contributed by atoms with Gasteiger partial charge in [0.2, 0.25) is 5.91 Å². The number of piperidine rings is 1. The zero-order chi connectivity index (χ0) is 13.2. The maximum atomic E-state index is 11.7. The lowest BCUT2D eigenvalue weighted by Crippen LogP contribution is -2.42. The number of hydrogen-bond donors (Lipinski definition) is 0. The van der Waals surface area contributed by atoms with Gasteiger partial charge in [0, 0.05) is 26.3 Å². The highest BCUT2D eigenvalue weighted by molar-refractivity contribution is 5.77. The summed E-state index contributed by atoms with van der Waals surface area (Å²) in [6.07, 6.45) is 2.08. The van der Waals surface area contributed by atoms with E-state index in [0.29, 0.717) is 19.8 Å². The Morgan fingerprint density at radius 1 is 1.11 bits per heavy atom. The first-order chi connectivity index (χ1) is 8.77. The van der Waals surface area contributed by atoms with Crippen LogP contribution in [0, 0.1) is 0 Å². The summed E-state index contributed by atoms with van der Waals surface area (Å²) in [5.41, 5.74) is 0. The molecule has 1 heterocycles. The second-order valence-electron chi connectivity index (χ2n) is 4.28. The molecule has 1 amide bonds. The molecule has 1 aliphatic heterocycles. The Bertz CT molecular complexity index is 227. The minimum atomic E-state index is 0.0876. The molecule has 0 saturated carbocycles. The molecular weight excluding hydrogens is 234 g/mol. The third kappa shape index (κ3) is 5.80. The van der Waals surface area contributed by atoms with E-state index in [1.807, 2.05) is 18.7 Å². The molecule has 0 aromatic carbocycles. The fourth-order valence-corrected chi connectivity index (χ4v) is 1.97. The minimum absolute atomic E-state index is 0.0876. The molecule has 1 saturated heterocycles. The van der Waals surface area contributed by atoms with E-state index >= 15 is 0 Å². The van der Waals surface area contributed by atoms with Gasteiger partial charge in [-0.3, -0.25) is 4.79 Å². The summed E-state index contributed by atoms with van der Waals surface area (Å²) < 4.78 is 16.1. The van der Waals surface area contributed by atoms with Gasteiger partial charge in [-0.25, -0.2) is 0 Å². The predicted molar refractivity (Wildman–Crippen MR) is 68.5 cm³/mol. The fraction of sp³-hybridized carbons (Fsp3) is 0.923. The van der Waals surface area contributed by atoms with E-state index in [-0.39, 0.29) is 18.6 Å². The Labute approximate surface area is 109 Å². The molecule has 1 fully saturated rings. The summed E-state index contributed by atoms with van der Waals surface area (Å²) in [6, 6.07) is 0. The van der Waals surface area contributed by atoms with Crippen molar-refractivity contribution in [2.75, 3.05) is 46.1 Å². The van der Waals surface area contributed by atoms with Crippen LogP contribution in [-0.4, -0.2) is 63.0 Å². The molecule has 0 unspecified atom stereocenters. The molecule has 0 bridgehead atoms. The van der Waals surface area contributed by atoms with Crippen LogP contribution in [0.25, 0.3) is 0 Å². The monoisotopic (exact) mass is 259 g/mol. The van der Waals surface area contributed by atoms with Gasteiger partial charge in [0.15, 0.2) is 0 Å². The summed E-state index contributed by atoms with van der Waals surface area (Å²) in [7, 11) is 0. The van der Waals surface area contributed by atoms with Crippen molar-refractivity contribution in [2.24, 2.45) is 0 Å². The van der Waals surface area contributed by atoms with Crippen molar-refractivity contribution in [3.63, 3.8) is 0 Å². The molecule has 5 heteroatoms. The third-order valence-corrected chi connectivity index (χ3v) is 3.01. The number of likely N-dealkylation sites (tertiary alicyclic amines) is 1. The Balaban J connectivity index is 2.10. The van der Waals surface area contributed by atoms with E-state index in [1.54, 1.807) is 0 Å². The third-order valence-electron chi connectivity index (χ3n) is 3.01. The van der Waals surface area contributed by atoms with Crippen LogP contribution >= 0.6 is 0 Å². The van der Waals surface area contributed by atoms with Gasteiger partial charge in [-0.2, -0.15) is 0 Å². The molecule has 0 radical (unpaired) electrons. The lowest BCUT2D eigenvalue weighted by atomic mass is 10.1. The highest BCUT2D eigenvalue weighted by atomic mass is 16.5. The second-order valence-corrected chi connectivity index (χ2v) is 4.28. The van der Waals surface area contributed by atoms with Crippen molar-refractivity contribution < 1.29 is 19.0 Å². The predicted octanol–water partition coefficient (Wildman–Crippen LogP) is 1.07. The second kappa shape index (κ2) is 9.30. The Hall–Kier alpha value is -0.650. The van der Waals surface area contributed by atoms with E-state index in [1.165, 1.54) is 0 Å². The van der Waals surface area contributed by atoms with Crippen LogP contribution in [0.1, 0.15) is 26.7 Å². The first-order valence-electron chi connectivity index (χ1n) is 6.82. The number of rotatable bonds is 8. The highest BCUT2D eigenvalue weighted by Gasteiger charge is 2.22. The molecule has 18 heavy (non-hydrogen) atoms. The standard InChI is InChI=1S/C13H25NO4/c1-3-16-9-10-18-12-5-7-14(8-6-12)13(15)11-17-4-2/h12H,3-11H2,1-2H3. The van der Waals surface area contributed by atoms with E-state index in [0.717, 1.165) is 32.5 Å². The average Bonchev–Trinajstić information content (AvgIpc) is 2.41. The van der Waals surface area contributed by atoms with Crippen LogP contribution in [0.15, 0.2) is 0 Å². The largest absolute Gasteiger partial charge is 0.379 e. The zero-order valence-corrected chi connectivity index (χ0v) is 11.5. The first kappa shape index (κ1) is 15.4. The Morgan fingerprint density at radius 2 is 1.78 bits per heavy atom. The number of nitrogens with zero attached hydrogens (tertiary/aromatic N) is 1. The normalized spacial score (nSPS) is 17.1. The van der Waals surface area contributed by atoms with Crippen LogP contribution in [0.5, 0.6) is 0 Å². The summed E-state index contributed by atoms with van der Waals surface area (Å²) in [5.74, 6) is 0.0876. The van der Waals surface area contributed by atoms with Crippen molar-refractivity contribution in [1.82, 2.24) is 4.90 Å². The van der Waals surface area contributed by atoms with Crippen molar-refractivity contribution in [3.8, 4) is 0 Å². The smallest absolute Gasteiger partial charge is 0.248 e. The lowest BCUT2D eigenvalue weighted by molar-refractivity contribution is -0.138. The molecule has 106 valence electrons. The number of ether oxygens (including phenoxy) is 3. The van der Waals surface area contributed by atoms with Gasteiger partial charge in [-0.1, -0.05) is 0 Å². The van der Waals surface area contributed by atoms with E-state index in [4.69, 9.17) is 14.2 Å². The van der Waals surface area contributed by atoms with Crippen LogP contribution in [0.3, 0.4) is 0 Å². The average molecular weight is 259 g/mol. The quantitative estimate of drug-likeness (QED) is 0.612. The molecule has 0 spiro atoms. The highest BCUT2D eigenvalue weighted by Crippen LogP contribution is 2.13. The lowest BCUT2D eigenvalue weighted by Gasteiger charge is -2.31. The fourth-order valence-electron chi connectivity index (χ4n) is 1.97. The van der Waals surface area contributed by atoms with Gasteiger partial charge < -0.3 is 19.1 Å². The maximum Gasteiger partial charge on any atom is 0.248 e. The minimum Gasteiger partial charge on any atom is -0.379 e. The van der Waals surface area contributed by atoms with Crippen molar-refractivity contribution in [3.05, 3.63) is 0 Å². The molecule has 0 aromatic heterocycles. The van der Waals surface area contributed by atoms with Crippen molar-refractivity contribution in [2.45, 2.75) is 32.8 Å². The van der Waals surface area contributed by atoms with Crippen LogP contribution in [0.2, 0.25) is 0 Å². The summed E-state index contributed by atoms with van der Waals surface area (Å²) >= 11 is 0. The summed E-state index contributed by atoms with van der Waals surface area (Å²) in [5, 5.41) is 0. The van der Waals surface area contributed by atoms with E-state index in [2.05, 4.69) is 0 Å². The molecule has 5 nitrogen and oxygen atoms in total. The topological polar surface area (TPSA) is 48.0 Å². The van der Waals surface area contributed by atoms with Crippen LogP contribution in [0.4, 0.5) is 0 Å². The summed E-state index contributed by atoms with van der Waals surface area (Å²) in [4.78, 5) is 13.6. The molecule has 0 aromatic rings. The SMILES string of the molecule is CCOCCOC1CCN(C(=O)COCC)CC1. The van der Waals surface area contributed by atoms with Crippen LogP contribution < -0.4 is 0 Å². The van der Waals surface area contributed by atoms with Crippen molar-refractivity contribution >= 4 is 5.91 Å². The zero-order valence-electron chi connectivity index (χ0n) is 11.5. The summed E-state index contributed by atoms with van der Waals surface area (Å²) in [6.45, 7) is 8.22. The number of amides is 1. The molecule has 1 aliphatic rings. The van der Waals surface area contributed by atoms with E-state index in [9.17, 15) is 4.79 Å². The molecule has 0 aliphatic carbocycles. The van der Waals surface area contributed by atoms with Crippen molar-refractivity contribution in [1.29, 1.82) is 0 Å². The molecule has 0 N–H and O–H groups in total. The van der Waals surface area contributed by atoms with Gasteiger partial charge >= 0.3 is 0 Å². The van der Waals surface area contributed by atoms with Gasteiger partial charge in [0.05, 0.1) is 19.3 Å². The Morgan fingerprint density at radius 3 is 2.39 bits per heavy atom. The van der Waals surface area contributed by atoms with Gasteiger partial charge in [-0.15, -0.1) is 0 Å². The number of carbonyl (C=O) groups excluding carboxylic acids is 1. The maximum absolute atomic E-state index is 11.7. The van der Waals surface area contributed by atoms with Gasteiger partial charge in [-0.05, 0) is 26.7 Å². The number of carbonyl (C=O) groups is 1. The van der Waals surface area contributed by atoms with Crippen LogP contribution in [-0.2, 0) is 19.0 Å².